The zero-order valence-corrected chi connectivity index (χ0v) is 11.5. The third-order valence-corrected chi connectivity index (χ3v) is 3.21. The van der Waals surface area contributed by atoms with Crippen molar-refractivity contribution in [3.05, 3.63) is 0 Å². The van der Waals surface area contributed by atoms with Crippen molar-refractivity contribution in [1.29, 1.82) is 5.26 Å². The van der Waals surface area contributed by atoms with Crippen molar-refractivity contribution in [3.63, 3.8) is 0 Å². The van der Waals surface area contributed by atoms with Gasteiger partial charge in [0.2, 0.25) is 5.91 Å². The molecule has 1 atom stereocenters. The third kappa shape index (κ3) is 5.09. The maximum atomic E-state index is 11.8. The zero-order valence-electron chi connectivity index (χ0n) is 10.6. The summed E-state index contributed by atoms with van der Waals surface area (Å²) in [6.07, 6.45) is 0.355. The van der Waals surface area contributed by atoms with Gasteiger partial charge in [-0.05, 0) is 5.41 Å². The molecule has 6 heteroatoms. The van der Waals surface area contributed by atoms with E-state index in [0.717, 1.165) is 0 Å². The van der Waals surface area contributed by atoms with E-state index in [2.05, 4.69) is 10.5 Å². The third-order valence-electron chi connectivity index (χ3n) is 2.18. The lowest BCUT2D eigenvalue weighted by molar-refractivity contribution is -0.124. The Morgan fingerprint density at radius 1 is 1.59 bits per heavy atom. The fraction of sp³-hybridized carbons (Fsp3) is 0.727. The topological polar surface area (TPSA) is 85.5 Å². The Morgan fingerprint density at radius 3 is 2.53 bits per heavy atom. The van der Waals surface area contributed by atoms with Gasteiger partial charge in [-0.25, -0.2) is 0 Å². The van der Waals surface area contributed by atoms with Gasteiger partial charge in [-0.1, -0.05) is 25.9 Å². The Hall–Kier alpha value is -1.22. The van der Waals surface area contributed by atoms with Crippen LogP contribution in [0.5, 0.6) is 0 Å². The number of hydrogen-bond donors (Lipinski definition) is 2. The molecule has 5 nitrogen and oxygen atoms in total. The average Bonchev–Trinajstić information content (AvgIpc) is 2.25. The molecule has 0 rings (SSSR count). The van der Waals surface area contributed by atoms with E-state index in [1.807, 2.05) is 26.8 Å². The molecule has 0 aromatic carbocycles. The van der Waals surface area contributed by atoms with E-state index in [1.165, 1.54) is 11.8 Å². The first kappa shape index (κ1) is 15.8. The molecular weight excluding hydrogens is 238 g/mol. The molecule has 0 fully saturated rings. The zero-order chi connectivity index (χ0) is 13.5. The fourth-order valence-electron chi connectivity index (χ4n) is 1.39. The van der Waals surface area contributed by atoms with E-state index in [0.29, 0.717) is 17.2 Å². The molecule has 2 N–H and O–H groups in total. The summed E-state index contributed by atoms with van der Waals surface area (Å²) >= 11 is 1.24. The Bertz CT molecular complexity index is 329. The molecule has 96 valence electrons. The van der Waals surface area contributed by atoms with Crippen molar-refractivity contribution in [1.82, 2.24) is 5.32 Å². The van der Waals surface area contributed by atoms with Crippen molar-refractivity contribution >= 4 is 22.7 Å². The average molecular weight is 257 g/mol. The molecule has 0 aliphatic carbocycles. The van der Waals surface area contributed by atoms with Crippen LogP contribution in [0.1, 0.15) is 27.2 Å². The standard InChI is InChI=1S/C11H19N3O2S/c1-11(2,3)8(9(15)13-4)10(14-16)17-7-5-6-12/h8,16H,5,7H2,1-4H3,(H,13,15)/b14-10-. The highest BCUT2D eigenvalue weighted by Crippen LogP contribution is 2.31. The van der Waals surface area contributed by atoms with Crippen LogP contribution >= 0.6 is 11.8 Å². The predicted molar refractivity (Wildman–Crippen MR) is 68.9 cm³/mol. The van der Waals surface area contributed by atoms with Crippen molar-refractivity contribution in [2.45, 2.75) is 27.2 Å². The minimum atomic E-state index is -0.513. The molecular formula is C11H19N3O2S. The first-order chi connectivity index (χ1) is 7.88. The molecule has 0 radical (unpaired) electrons. The van der Waals surface area contributed by atoms with Gasteiger partial charge in [0.15, 0.2) is 0 Å². The van der Waals surface area contributed by atoms with E-state index in [9.17, 15) is 4.79 Å². The SMILES string of the molecule is CNC(=O)C(/C(=N/O)SCCC#N)C(C)(C)C. The molecule has 0 saturated heterocycles. The lowest BCUT2D eigenvalue weighted by Crippen LogP contribution is -2.40. The maximum Gasteiger partial charge on any atom is 0.230 e. The number of nitrogens with one attached hydrogen (secondary N) is 1. The maximum absolute atomic E-state index is 11.8. The number of nitrogens with zero attached hydrogens (tertiary/aromatic N) is 2. The van der Waals surface area contributed by atoms with Crippen molar-refractivity contribution in [2.24, 2.45) is 16.5 Å². The van der Waals surface area contributed by atoms with Crippen LogP contribution in [0.25, 0.3) is 0 Å². The number of nitriles is 1. The number of amides is 1. The summed E-state index contributed by atoms with van der Waals surface area (Å²) in [5, 5.41) is 23.6. The number of hydrogen-bond acceptors (Lipinski definition) is 5. The minimum absolute atomic E-state index is 0.185. The van der Waals surface area contributed by atoms with Gasteiger partial charge in [0.1, 0.15) is 5.04 Å². The van der Waals surface area contributed by atoms with Gasteiger partial charge in [0, 0.05) is 19.2 Å². The first-order valence-electron chi connectivity index (χ1n) is 5.31. The summed E-state index contributed by atoms with van der Waals surface area (Å²) in [6, 6.07) is 2.01. The van der Waals surface area contributed by atoms with Gasteiger partial charge in [0.05, 0.1) is 12.0 Å². The van der Waals surface area contributed by atoms with Gasteiger partial charge < -0.3 is 10.5 Å². The summed E-state index contributed by atoms with van der Waals surface area (Å²) in [7, 11) is 1.55. The molecule has 17 heavy (non-hydrogen) atoms. The van der Waals surface area contributed by atoms with Crippen LogP contribution in [-0.2, 0) is 4.79 Å². The van der Waals surface area contributed by atoms with Crippen LogP contribution in [0.15, 0.2) is 5.16 Å². The molecule has 1 unspecified atom stereocenters. The molecule has 0 saturated carbocycles. The Morgan fingerprint density at radius 2 is 2.18 bits per heavy atom. The Balaban J connectivity index is 4.90. The van der Waals surface area contributed by atoms with Gasteiger partial charge in [0.25, 0.3) is 0 Å². The molecule has 0 aromatic heterocycles. The second kappa shape index (κ2) is 7.17. The molecule has 0 aliphatic heterocycles. The quantitative estimate of drug-likeness (QED) is 0.264. The van der Waals surface area contributed by atoms with Crippen LogP contribution in [0.2, 0.25) is 0 Å². The van der Waals surface area contributed by atoms with Crippen molar-refractivity contribution in [3.8, 4) is 6.07 Å². The lowest BCUT2D eigenvalue weighted by atomic mass is 9.80. The number of thioether (sulfide) groups is 1. The van der Waals surface area contributed by atoms with Crippen LogP contribution in [-0.4, -0.2) is 29.0 Å². The molecule has 0 aliphatic rings. The first-order valence-corrected chi connectivity index (χ1v) is 6.30. The van der Waals surface area contributed by atoms with E-state index in [1.54, 1.807) is 7.05 Å². The van der Waals surface area contributed by atoms with Crippen LogP contribution in [0.3, 0.4) is 0 Å². The highest BCUT2D eigenvalue weighted by Gasteiger charge is 2.35. The summed E-state index contributed by atoms with van der Waals surface area (Å²) in [5.41, 5.74) is -0.346. The number of carbonyl (C=O) groups excluding carboxylic acids is 1. The molecule has 0 spiro atoms. The second-order valence-corrected chi connectivity index (χ2v) is 5.72. The number of rotatable bonds is 4. The van der Waals surface area contributed by atoms with E-state index >= 15 is 0 Å². The fourth-order valence-corrected chi connectivity index (χ4v) is 2.48. The van der Waals surface area contributed by atoms with E-state index < -0.39 is 5.92 Å². The number of oxime groups is 1. The monoisotopic (exact) mass is 257 g/mol. The predicted octanol–water partition coefficient (Wildman–Crippen LogP) is 1.83. The second-order valence-electron chi connectivity index (χ2n) is 4.61. The lowest BCUT2D eigenvalue weighted by Gasteiger charge is -2.29. The number of carbonyl (C=O) groups is 1. The van der Waals surface area contributed by atoms with E-state index in [4.69, 9.17) is 10.5 Å². The largest absolute Gasteiger partial charge is 0.410 e. The van der Waals surface area contributed by atoms with Gasteiger partial charge in [-0.3, -0.25) is 4.79 Å². The van der Waals surface area contributed by atoms with E-state index in [-0.39, 0.29) is 11.3 Å². The smallest absolute Gasteiger partial charge is 0.230 e. The minimum Gasteiger partial charge on any atom is -0.410 e. The van der Waals surface area contributed by atoms with Crippen LogP contribution < -0.4 is 5.32 Å². The Labute approximate surface area is 106 Å². The molecule has 0 heterocycles. The highest BCUT2D eigenvalue weighted by molar-refractivity contribution is 8.14. The summed E-state index contributed by atoms with van der Waals surface area (Å²) < 4.78 is 0. The van der Waals surface area contributed by atoms with Crippen molar-refractivity contribution in [2.75, 3.05) is 12.8 Å². The molecule has 1 amide bonds. The summed E-state index contributed by atoms with van der Waals surface area (Å²) in [6.45, 7) is 5.72. The summed E-state index contributed by atoms with van der Waals surface area (Å²) in [4.78, 5) is 11.8. The van der Waals surface area contributed by atoms with Gasteiger partial charge in [-0.2, -0.15) is 5.26 Å². The van der Waals surface area contributed by atoms with Gasteiger partial charge in [-0.15, -0.1) is 11.8 Å². The summed E-state index contributed by atoms with van der Waals surface area (Å²) in [5.74, 6) is -0.185. The van der Waals surface area contributed by atoms with Crippen LogP contribution in [0.4, 0.5) is 0 Å². The van der Waals surface area contributed by atoms with Crippen molar-refractivity contribution < 1.29 is 10.0 Å². The Kier molecular flexibility index (Phi) is 6.66. The highest BCUT2D eigenvalue weighted by atomic mass is 32.2. The molecule has 0 bridgehead atoms. The molecule has 0 aromatic rings. The normalized spacial score (nSPS) is 13.9. The van der Waals surface area contributed by atoms with Gasteiger partial charge >= 0.3 is 0 Å². The van der Waals surface area contributed by atoms with Crippen LogP contribution in [0, 0.1) is 22.7 Å².